The molecule has 0 radical (unpaired) electrons. The summed E-state index contributed by atoms with van der Waals surface area (Å²) in [6.45, 7) is 6.63. The minimum atomic E-state index is 0.869. The monoisotopic (exact) mass is 376 g/mol. The number of aromatic nitrogens is 5. The first kappa shape index (κ1) is 17.3. The van der Waals surface area contributed by atoms with Crippen LogP contribution in [0.4, 0.5) is 5.69 Å². The maximum atomic E-state index is 4.82. The molecule has 1 saturated heterocycles. The Morgan fingerprint density at radius 1 is 1.04 bits per heavy atom. The molecule has 4 aromatic heterocycles. The molecule has 5 rings (SSSR count). The molecule has 1 aliphatic rings. The summed E-state index contributed by atoms with van der Waals surface area (Å²) in [6.07, 6.45) is 10.1. The van der Waals surface area contributed by atoms with Crippen LogP contribution in [-0.2, 0) is 0 Å². The Bertz CT molecular complexity index is 1110. The normalized spacial score (nSPS) is 16.3. The Labute approximate surface area is 163 Å². The molecule has 1 N–H and O–H groups in total. The lowest BCUT2D eigenvalue weighted by Gasteiger charge is -2.32. The summed E-state index contributed by atoms with van der Waals surface area (Å²) in [5.74, 6) is 0. The van der Waals surface area contributed by atoms with Crippen molar-refractivity contribution in [3.63, 3.8) is 0 Å². The van der Waals surface area contributed by atoms with Gasteiger partial charge in [0.15, 0.2) is 0 Å². The zero-order valence-corrected chi connectivity index (χ0v) is 16.0. The van der Waals surface area contributed by atoms with Gasteiger partial charge in [0.1, 0.15) is 16.6 Å². The number of pyridine rings is 2. The first-order valence-corrected chi connectivity index (χ1v) is 9.80. The average molecular weight is 376 g/mol. The summed E-state index contributed by atoms with van der Waals surface area (Å²) >= 11 is 0. The molecule has 4 aromatic rings. The quantitative estimate of drug-likeness (QED) is 0.533. The Morgan fingerprint density at radius 2 is 1.89 bits per heavy atom. The molecule has 0 aromatic carbocycles. The first-order chi connectivity index (χ1) is 13.8. The summed E-state index contributed by atoms with van der Waals surface area (Å²) in [5.41, 5.74) is 4.58. The number of piperazine rings is 1. The predicted molar refractivity (Wildman–Crippen MR) is 111 cm³/mol. The van der Waals surface area contributed by atoms with E-state index in [1.807, 2.05) is 29.2 Å². The number of rotatable bonds is 5. The molecule has 28 heavy (non-hydrogen) atoms. The second kappa shape index (κ2) is 7.29. The number of anilines is 1. The maximum Gasteiger partial charge on any atom is 0.136 e. The Kier molecular flexibility index (Phi) is 4.50. The maximum absolute atomic E-state index is 4.82. The number of nitrogens with one attached hydrogen (secondary N) is 1. The molecule has 144 valence electrons. The lowest BCUT2D eigenvalue weighted by atomic mass is 10.2. The van der Waals surface area contributed by atoms with E-state index in [0.717, 1.165) is 78.8 Å². The number of nitrogens with zero attached hydrogens (tertiary/aromatic N) is 7. The molecule has 0 aliphatic carbocycles. The van der Waals surface area contributed by atoms with E-state index in [-0.39, 0.29) is 0 Å². The number of fused-ring (bicyclic) bond motifs is 4. The first-order valence-electron chi connectivity index (χ1n) is 9.80. The molecule has 0 saturated carbocycles. The van der Waals surface area contributed by atoms with Crippen LogP contribution in [-0.4, -0.2) is 80.7 Å². The van der Waals surface area contributed by atoms with Gasteiger partial charge in [-0.05, 0) is 26.1 Å². The van der Waals surface area contributed by atoms with Gasteiger partial charge in [0, 0.05) is 62.9 Å². The Morgan fingerprint density at radius 3 is 2.79 bits per heavy atom. The smallest absolute Gasteiger partial charge is 0.136 e. The molecule has 1 aliphatic heterocycles. The zero-order chi connectivity index (χ0) is 18.9. The second-order valence-corrected chi connectivity index (χ2v) is 7.41. The van der Waals surface area contributed by atoms with Crippen molar-refractivity contribution < 1.29 is 0 Å². The van der Waals surface area contributed by atoms with Crippen molar-refractivity contribution in [2.45, 2.75) is 6.42 Å². The van der Waals surface area contributed by atoms with E-state index in [0.29, 0.717) is 0 Å². The lowest BCUT2D eigenvalue weighted by molar-refractivity contribution is 0.154. The molecule has 0 spiro atoms. The van der Waals surface area contributed by atoms with Gasteiger partial charge in [-0.15, -0.1) is 0 Å². The van der Waals surface area contributed by atoms with Gasteiger partial charge >= 0.3 is 0 Å². The van der Waals surface area contributed by atoms with Crippen LogP contribution >= 0.6 is 0 Å². The van der Waals surface area contributed by atoms with E-state index in [1.165, 1.54) is 0 Å². The van der Waals surface area contributed by atoms with Gasteiger partial charge in [-0.25, -0.2) is 9.50 Å². The van der Waals surface area contributed by atoms with E-state index in [2.05, 4.69) is 32.1 Å². The van der Waals surface area contributed by atoms with Crippen LogP contribution in [0.3, 0.4) is 0 Å². The van der Waals surface area contributed by atoms with Gasteiger partial charge in [-0.2, -0.15) is 5.10 Å². The molecule has 8 heteroatoms. The van der Waals surface area contributed by atoms with Crippen LogP contribution < -0.4 is 5.32 Å². The molecule has 8 nitrogen and oxygen atoms in total. The fourth-order valence-electron chi connectivity index (χ4n) is 3.86. The van der Waals surface area contributed by atoms with Crippen molar-refractivity contribution in [1.82, 2.24) is 34.4 Å². The molecule has 0 atom stereocenters. The highest BCUT2D eigenvalue weighted by Gasteiger charge is 2.16. The van der Waals surface area contributed by atoms with Gasteiger partial charge in [-0.3, -0.25) is 9.97 Å². The summed E-state index contributed by atoms with van der Waals surface area (Å²) in [7, 11) is 2.19. The van der Waals surface area contributed by atoms with E-state index in [1.54, 1.807) is 12.4 Å². The topological polar surface area (TPSA) is 74.5 Å². The van der Waals surface area contributed by atoms with Crippen LogP contribution in [0.1, 0.15) is 6.42 Å². The van der Waals surface area contributed by atoms with E-state index in [4.69, 9.17) is 10.1 Å². The largest absolute Gasteiger partial charge is 0.383 e. The highest BCUT2D eigenvalue weighted by molar-refractivity contribution is 6.09. The summed E-state index contributed by atoms with van der Waals surface area (Å²) in [5, 5.41) is 9.38. The summed E-state index contributed by atoms with van der Waals surface area (Å²) in [6, 6.07) is 1.95. The van der Waals surface area contributed by atoms with Gasteiger partial charge in [0.05, 0.1) is 17.4 Å². The molecular weight excluding hydrogens is 352 g/mol. The van der Waals surface area contributed by atoms with Crippen LogP contribution in [0.25, 0.3) is 27.5 Å². The van der Waals surface area contributed by atoms with Crippen LogP contribution in [0.15, 0.2) is 37.1 Å². The van der Waals surface area contributed by atoms with Crippen molar-refractivity contribution in [2.24, 2.45) is 0 Å². The van der Waals surface area contributed by atoms with Crippen molar-refractivity contribution in [2.75, 3.05) is 51.6 Å². The number of likely N-dealkylation sites (N-methyl/N-ethyl adjacent to an activating group) is 1. The number of hydrogen-bond donors (Lipinski definition) is 1. The third kappa shape index (κ3) is 3.14. The second-order valence-electron chi connectivity index (χ2n) is 7.41. The van der Waals surface area contributed by atoms with E-state index < -0.39 is 0 Å². The van der Waals surface area contributed by atoms with Crippen LogP contribution in [0, 0.1) is 0 Å². The number of hydrogen-bond acceptors (Lipinski definition) is 7. The Balaban J connectivity index is 1.42. The minimum Gasteiger partial charge on any atom is -0.383 e. The highest BCUT2D eigenvalue weighted by atomic mass is 15.2. The summed E-state index contributed by atoms with van der Waals surface area (Å²) < 4.78 is 1.84. The fourth-order valence-corrected chi connectivity index (χ4v) is 3.86. The summed E-state index contributed by atoms with van der Waals surface area (Å²) in [4.78, 5) is 18.3. The van der Waals surface area contributed by atoms with Gasteiger partial charge in [0.2, 0.25) is 0 Å². The van der Waals surface area contributed by atoms with E-state index >= 15 is 0 Å². The molecule has 5 heterocycles. The third-order valence-electron chi connectivity index (χ3n) is 5.50. The van der Waals surface area contributed by atoms with Gasteiger partial charge < -0.3 is 15.1 Å². The molecule has 1 fully saturated rings. The fraction of sp³-hybridized carbons (Fsp3) is 0.400. The zero-order valence-electron chi connectivity index (χ0n) is 16.0. The van der Waals surface area contributed by atoms with Crippen molar-refractivity contribution in [3.8, 4) is 0 Å². The average Bonchev–Trinajstić information content (AvgIpc) is 3.10. The van der Waals surface area contributed by atoms with Crippen LogP contribution in [0.5, 0.6) is 0 Å². The van der Waals surface area contributed by atoms with Crippen LogP contribution in [0.2, 0.25) is 0 Å². The SMILES string of the molecule is CN1CCN(CCCNc2c3cnccc3nc3c2nn2ccncc32)CC1. The lowest BCUT2D eigenvalue weighted by Crippen LogP contribution is -2.44. The minimum absolute atomic E-state index is 0.869. The van der Waals surface area contributed by atoms with Gasteiger partial charge in [0.25, 0.3) is 0 Å². The van der Waals surface area contributed by atoms with E-state index in [9.17, 15) is 0 Å². The molecule has 0 unspecified atom stereocenters. The molecule has 0 bridgehead atoms. The standard InChI is InChI=1S/C20H24N8/c1-26-9-11-27(12-10-26)7-2-4-23-18-15-13-21-5-3-16(15)24-19-17-14-22-6-8-28(17)25-20(18)19/h3,5-6,8,13-14,23H,2,4,7,9-12H2,1H3. The van der Waals surface area contributed by atoms with Gasteiger partial charge in [-0.1, -0.05) is 0 Å². The molecule has 0 amide bonds. The van der Waals surface area contributed by atoms with Crippen molar-refractivity contribution >= 4 is 33.1 Å². The predicted octanol–water partition coefficient (Wildman–Crippen LogP) is 1.88. The third-order valence-corrected chi connectivity index (χ3v) is 5.50. The highest BCUT2D eigenvalue weighted by Crippen LogP contribution is 2.31. The van der Waals surface area contributed by atoms with Crippen molar-refractivity contribution in [1.29, 1.82) is 0 Å². The Hall–Kier alpha value is -2.84. The molecular formula is C20H24N8. The van der Waals surface area contributed by atoms with Crippen molar-refractivity contribution in [3.05, 3.63) is 37.1 Å².